The number of nitrogens with zero attached hydrogens (tertiary/aromatic N) is 2. The molecule has 0 amide bonds. The Hall–Kier alpha value is -3.75. The summed E-state index contributed by atoms with van der Waals surface area (Å²) in [4.78, 5) is 33.6. The summed E-state index contributed by atoms with van der Waals surface area (Å²) in [6.45, 7) is 4.01. The van der Waals surface area contributed by atoms with E-state index in [4.69, 9.17) is 4.74 Å². The molecule has 2 aromatic carbocycles. The lowest BCUT2D eigenvalue weighted by molar-refractivity contribution is -0.206. The number of carboxylic acids is 1. The highest BCUT2D eigenvalue weighted by molar-refractivity contribution is 5.97. The van der Waals surface area contributed by atoms with Gasteiger partial charge < -0.3 is 9.84 Å². The van der Waals surface area contributed by atoms with E-state index in [0.717, 1.165) is 18.4 Å². The van der Waals surface area contributed by atoms with Gasteiger partial charge in [0.15, 0.2) is 11.9 Å². The number of unbranched alkanes of at least 4 members (excludes halogenated alkanes) is 13. The molecule has 0 saturated heterocycles. The van der Waals surface area contributed by atoms with Gasteiger partial charge in [0.2, 0.25) is 0 Å². The van der Waals surface area contributed by atoms with Crippen LogP contribution in [0.2, 0.25) is 0 Å². The van der Waals surface area contributed by atoms with Crippen LogP contribution in [0.25, 0.3) is 22.5 Å². The van der Waals surface area contributed by atoms with E-state index in [2.05, 4.69) is 16.9 Å². The molecule has 262 valence electrons. The molecule has 0 fully saturated rings. The summed E-state index contributed by atoms with van der Waals surface area (Å²) >= 11 is 0. The van der Waals surface area contributed by atoms with Crippen LogP contribution in [0, 0.1) is 0 Å². The molecule has 0 bridgehead atoms. The van der Waals surface area contributed by atoms with E-state index in [-0.39, 0.29) is 24.0 Å². The third kappa shape index (κ3) is 13.0. The van der Waals surface area contributed by atoms with Gasteiger partial charge in [0, 0.05) is 18.0 Å². The summed E-state index contributed by atoms with van der Waals surface area (Å²) in [5.41, 5.74) is 2.49. The highest BCUT2D eigenvalue weighted by Gasteiger charge is 2.42. The van der Waals surface area contributed by atoms with Crippen molar-refractivity contribution in [2.45, 2.75) is 135 Å². The minimum atomic E-state index is -4.66. The maximum Gasteiger partial charge on any atom is 0.425 e. The minimum absolute atomic E-state index is 0.0322. The number of halogens is 3. The first-order chi connectivity index (χ1) is 23.1. The number of benzene rings is 2. The van der Waals surface area contributed by atoms with Gasteiger partial charge in [0.1, 0.15) is 0 Å². The lowest BCUT2D eigenvalue weighted by Gasteiger charge is -2.20. The van der Waals surface area contributed by atoms with Crippen LogP contribution in [0.3, 0.4) is 0 Å². The van der Waals surface area contributed by atoms with E-state index in [9.17, 15) is 27.9 Å². The number of carboxylic acid groups (broad SMARTS) is 1. The Morgan fingerprint density at radius 2 is 1.25 bits per heavy atom. The predicted octanol–water partition coefficient (Wildman–Crippen LogP) is 11.4. The zero-order valence-corrected chi connectivity index (χ0v) is 28.5. The molecule has 1 N–H and O–H groups in total. The fourth-order valence-corrected chi connectivity index (χ4v) is 5.75. The number of aromatic nitrogens is 2. The van der Waals surface area contributed by atoms with Crippen molar-refractivity contribution in [1.29, 1.82) is 0 Å². The van der Waals surface area contributed by atoms with Crippen LogP contribution in [0.4, 0.5) is 13.2 Å². The highest BCUT2D eigenvalue weighted by atomic mass is 19.4. The Morgan fingerprint density at radius 3 is 1.77 bits per heavy atom. The Balaban J connectivity index is 1.54. The lowest BCUT2D eigenvalue weighted by Crippen LogP contribution is -2.33. The second-order valence-corrected chi connectivity index (χ2v) is 12.6. The second kappa shape index (κ2) is 20.6. The molecule has 0 saturated carbocycles. The number of rotatable bonds is 22. The molecule has 0 aliphatic rings. The summed E-state index contributed by atoms with van der Waals surface area (Å²) in [6, 6.07) is 10.5. The average molecular weight is 669 g/mol. The van der Waals surface area contributed by atoms with Gasteiger partial charge in [-0.15, -0.1) is 0 Å². The standard InChI is InChI=1S/C39H51F3N2O4/c1-3-5-7-8-9-10-11-12-13-14-15-16-17-18-29-27-43-36(44-28-29)32-24-25-33(37(45)46)34(26-32)30-20-22-31(23-21-30)38(47)48-35(19-6-4-2)39(40,41)42/h20-28,35H,3-19H2,1-2H3,(H,45,46)/t35-/m0/s1. The third-order valence-corrected chi connectivity index (χ3v) is 8.65. The number of esters is 1. The first kappa shape index (κ1) is 38.7. The third-order valence-electron chi connectivity index (χ3n) is 8.65. The van der Waals surface area contributed by atoms with Gasteiger partial charge in [0.05, 0.1) is 11.1 Å². The fraction of sp³-hybridized carbons (Fsp3) is 0.538. The zero-order valence-electron chi connectivity index (χ0n) is 28.5. The molecule has 1 atom stereocenters. The number of hydrogen-bond acceptors (Lipinski definition) is 5. The van der Waals surface area contributed by atoms with Crippen LogP contribution in [0.15, 0.2) is 54.9 Å². The quantitative estimate of drug-likeness (QED) is 0.0846. The van der Waals surface area contributed by atoms with Crippen LogP contribution in [-0.2, 0) is 11.2 Å². The van der Waals surface area contributed by atoms with E-state index >= 15 is 0 Å². The zero-order chi connectivity index (χ0) is 34.8. The smallest absolute Gasteiger partial charge is 0.425 e. The topological polar surface area (TPSA) is 89.4 Å². The Labute approximate surface area is 283 Å². The van der Waals surface area contributed by atoms with Crippen molar-refractivity contribution in [3.8, 4) is 22.5 Å². The lowest BCUT2D eigenvalue weighted by atomic mass is 9.96. The van der Waals surface area contributed by atoms with Crippen molar-refractivity contribution >= 4 is 11.9 Å². The number of alkyl halides is 3. The minimum Gasteiger partial charge on any atom is -0.478 e. The van der Waals surface area contributed by atoms with Crippen molar-refractivity contribution in [2.24, 2.45) is 0 Å². The molecule has 0 aliphatic carbocycles. The van der Waals surface area contributed by atoms with Gasteiger partial charge in [-0.2, -0.15) is 13.2 Å². The first-order valence-electron chi connectivity index (χ1n) is 17.7. The number of carbonyl (C=O) groups excluding carboxylic acids is 1. The van der Waals surface area contributed by atoms with Gasteiger partial charge in [-0.05, 0) is 66.6 Å². The maximum atomic E-state index is 13.3. The largest absolute Gasteiger partial charge is 0.478 e. The SMILES string of the molecule is CCCCCCCCCCCCCCCc1cnc(-c2ccc(C(=O)O)c(-c3ccc(C(=O)O[C@@H](CCCC)C(F)(F)F)cc3)c2)nc1. The predicted molar refractivity (Wildman–Crippen MR) is 184 cm³/mol. The molecule has 0 aliphatic heterocycles. The van der Waals surface area contributed by atoms with Gasteiger partial charge in [-0.1, -0.05) is 116 Å². The van der Waals surface area contributed by atoms with Crippen molar-refractivity contribution in [3.05, 3.63) is 71.5 Å². The molecule has 1 heterocycles. The van der Waals surface area contributed by atoms with Crippen LogP contribution < -0.4 is 0 Å². The summed E-state index contributed by atoms with van der Waals surface area (Å²) in [7, 11) is 0. The molecule has 6 nitrogen and oxygen atoms in total. The van der Waals surface area contributed by atoms with Crippen molar-refractivity contribution in [2.75, 3.05) is 0 Å². The molecule has 0 spiro atoms. The highest BCUT2D eigenvalue weighted by Crippen LogP contribution is 2.31. The van der Waals surface area contributed by atoms with Crippen LogP contribution in [0.1, 0.15) is 143 Å². The summed E-state index contributed by atoms with van der Waals surface area (Å²) in [6.07, 6.45) is 15.1. The number of ether oxygens (including phenoxy) is 1. The number of hydrogen-bond donors (Lipinski definition) is 1. The monoisotopic (exact) mass is 668 g/mol. The summed E-state index contributed by atoms with van der Waals surface area (Å²) < 4.78 is 44.8. The summed E-state index contributed by atoms with van der Waals surface area (Å²) in [5.74, 6) is -1.77. The second-order valence-electron chi connectivity index (χ2n) is 12.6. The molecule has 3 aromatic rings. The number of aromatic carboxylic acids is 1. The van der Waals surface area contributed by atoms with E-state index in [1.807, 2.05) is 12.4 Å². The van der Waals surface area contributed by atoms with Gasteiger partial charge in [-0.3, -0.25) is 0 Å². The number of aryl methyl sites for hydroxylation is 1. The van der Waals surface area contributed by atoms with E-state index in [0.29, 0.717) is 28.9 Å². The van der Waals surface area contributed by atoms with Gasteiger partial charge in [-0.25, -0.2) is 19.6 Å². The first-order valence-corrected chi connectivity index (χ1v) is 17.7. The van der Waals surface area contributed by atoms with Crippen molar-refractivity contribution in [3.63, 3.8) is 0 Å². The average Bonchev–Trinajstić information content (AvgIpc) is 3.08. The molecule has 1 aromatic heterocycles. The molecule has 48 heavy (non-hydrogen) atoms. The van der Waals surface area contributed by atoms with E-state index in [1.54, 1.807) is 19.1 Å². The summed E-state index contributed by atoms with van der Waals surface area (Å²) in [5, 5.41) is 9.82. The molecule has 9 heteroatoms. The van der Waals surface area contributed by atoms with Gasteiger partial charge >= 0.3 is 18.1 Å². The van der Waals surface area contributed by atoms with Crippen molar-refractivity contribution < 1.29 is 32.6 Å². The molecule has 3 rings (SSSR count). The van der Waals surface area contributed by atoms with Gasteiger partial charge in [0.25, 0.3) is 0 Å². The number of carbonyl (C=O) groups is 2. The van der Waals surface area contributed by atoms with Crippen LogP contribution >= 0.6 is 0 Å². The normalized spacial score (nSPS) is 12.2. The Bertz CT molecular complexity index is 1390. The maximum absolute atomic E-state index is 13.3. The molecule has 0 unspecified atom stereocenters. The van der Waals surface area contributed by atoms with Crippen LogP contribution in [0.5, 0.6) is 0 Å². The van der Waals surface area contributed by atoms with E-state index in [1.165, 1.54) is 107 Å². The fourth-order valence-electron chi connectivity index (χ4n) is 5.75. The van der Waals surface area contributed by atoms with Crippen LogP contribution in [-0.4, -0.2) is 39.3 Å². The molecule has 0 radical (unpaired) electrons. The Kier molecular flexibility index (Phi) is 16.6. The Morgan fingerprint density at radius 1 is 0.729 bits per heavy atom. The van der Waals surface area contributed by atoms with Crippen molar-refractivity contribution in [1.82, 2.24) is 9.97 Å². The molecular formula is C39H51F3N2O4. The van der Waals surface area contributed by atoms with E-state index < -0.39 is 24.2 Å². The molecular weight excluding hydrogens is 617 g/mol.